The Morgan fingerprint density at radius 3 is 2.24 bits per heavy atom. The fourth-order valence-corrected chi connectivity index (χ4v) is 9.13. The molecule has 0 spiro atoms. The molecule has 0 aromatic rings. The Kier molecular flexibility index (Phi) is 6.72. The largest absolute Gasteiger partial charge is 0.462 e. The summed E-state index contributed by atoms with van der Waals surface area (Å²) in [5.41, 5.74) is -2.00. The van der Waals surface area contributed by atoms with E-state index in [1.807, 2.05) is 20.8 Å². The van der Waals surface area contributed by atoms with Crippen LogP contribution < -0.4 is 0 Å². The number of ketones is 1. The van der Waals surface area contributed by atoms with Crippen LogP contribution in [0.15, 0.2) is 0 Å². The smallest absolute Gasteiger partial charge is 0.305 e. The molecule has 0 aliphatic heterocycles. The van der Waals surface area contributed by atoms with Gasteiger partial charge in [-0.05, 0) is 81.0 Å². The topological polar surface area (TPSA) is 89.9 Å². The normalized spacial score (nSPS) is 47.7. The van der Waals surface area contributed by atoms with Crippen molar-refractivity contribution in [3.63, 3.8) is 0 Å². The number of hydrogen-bond donors (Lipinski definition) is 1. The first-order chi connectivity index (χ1) is 15.9. The summed E-state index contributed by atoms with van der Waals surface area (Å²) in [6.07, 6.45) is 6.44. The Morgan fingerprint density at radius 1 is 0.971 bits per heavy atom. The summed E-state index contributed by atoms with van der Waals surface area (Å²) in [5.74, 6) is 0.525. The number of hydrogen-bond acceptors (Lipinski definition) is 6. The summed E-state index contributed by atoms with van der Waals surface area (Å²) in [6, 6.07) is 0. The second-order valence-corrected chi connectivity index (χ2v) is 12.3. The SMILES string of the molecule is CCC(=O)O[C@H]1CC[C@@]2(C)[C@@H](CC[C@@H]3[C@@H]2[C@H](OC(=O)CC)C[C@@]2(C)[C@H]3C[C@@H](C)[C@]2(O)C(C)=O)C1. The highest BCUT2D eigenvalue weighted by atomic mass is 16.5. The van der Waals surface area contributed by atoms with Gasteiger partial charge in [0.05, 0.1) is 0 Å². The summed E-state index contributed by atoms with van der Waals surface area (Å²) in [7, 11) is 0. The van der Waals surface area contributed by atoms with Crippen molar-refractivity contribution >= 4 is 17.7 Å². The van der Waals surface area contributed by atoms with Gasteiger partial charge in [0.25, 0.3) is 0 Å². The molecular weight excluding hydrogens is 432 g/mol. The van der Waals surface area contributed by atoms with Crippen molar-refractivity contribution in [1.82, 2.24) is 0 Å². The molecule has 4 aliphatic rings. The van der Waals surface area contributed by atoms with Crippen molar-refractivity contribution in [3.05, 3.63) is 0 Å². The van der Waals surface area contributed by atoms with Crippen LogP contribution in [-0.2, 0) is 23.9 Å². The zero-order valence-electron chi connectivity index (χ0n) is 21.9. The Bertz CT molecular complexity index is 839. The number of aliphatic hydroxyl groups is 1. The maximum Gasteiger partial charge on any atom is 0.305 e. The maximum absolute atomic E-state index is 12.8. The molecule has 0 bridgehead atoms. The molecule has 0 unspecified atom stereocenters. The van der Waals surface area contributed by atoms with E-state index in [1.54, 1.807) is 0 Å². The Morgan fingerprint density at radius 2 is 1.62 bits per heavy atom. The third kappa shape index (κ3) is 3.65. The third-order valence-electron chi connectivity index (χ3n) is 10.8. The molecule has 6 heteroatoms. The van der Waals surface area contributed by atoms with Crippen LogP contribution in [0.4, 0.5) is 0 Å². The number of ether oxygens (including phenoxy) is 2. The molecule has 1 N–H and O–H groups in total. The standard InChI is InChI=1S/C28H44O6/c1-7-23(30)33-19-11-12-26(5)18(14-19)9-10-20-21-13-16(3)28(32,17(4)29)27(21,6)15-22(25(20)26)34-24(31)8-2/h16,18-22,25,32H,7-15H2,1-6H3/t16-,18+,19+,20+,21+,22-,25-,26+,27+,28+/m1/s1. The van der Waals surface area contributed by atoms with E-state index in [4.69, 9.17) is 9.47 Å². The summed E-state index contributed by atoms with van der Waals surface area (Å²) in [4.78, 5) is 37.3. The predicted molar refractivity (Wildman–Crippen MR) is 128 cm³/mol. The quantitative estimate of drug-likeness (QED) is 0.571. The predicted octanol–water partition coefficient (Wildman–Crippen LogP) is 4.85. The highest BCUT2D eigenvalue weighted by Gasteiger charge is 2.71. The van der Waals surface area contributed by atoms with Gasteiger partial charge in [-0.3, -0.25) is 14.4 Å². The summed E-state index contributed by atoms with van der Waals surface area (Å²) in [5, 5.41) is 11.8. The van der Waals surface area contributed by atoms with Gasteiger partial charge in [-0.25, -0.2) is 0 Å². The van der Waals surface area contributed by atoms with Gasteiger partial charge in [0.2, 0.25) is 0 Å². The number of esters is 2. The number of carbonyl (C=O) groups is 3. The molecule has 34 heavy (non-hydrogen) atoms. The molecule has 192 valence electrons. The zero-order chi connectivity index (χ0) is 25.1. The molecule has 4 aliphatic carbocycles. The van der Waals surface area contributed by atoms with Crippen LogP contribution in [-0.4, -0.2) is 40.6 Å². The van der Waals surface area contributed by atoms with E-state index >= 15 is 0 Å². The van der Waals surface area contributed by atoms with E-state index in [2.05, 4.69) is 13.8 Å². The van der Waals surface area contributed by atoms with Gasteiger partial charge in [0.1, 0.15) is 17.8 Å². The third-order valence-corrected chi connectivity index (χ3v) is 10.8. The Labute approximate surface area is 204 Å². The van der Waals surface area contributed by atoms with Crippen LogP contribution in [0.5, 0.6) is 0 Å². The highest BCUT2D eigenvalue weighted by molar-refractivity contribution is 5.86. The van der Waals surface area contributed by atoms with Crippen molar-refractivity contribution in [2.75, 3.05) is 0 Å². The monoisotopic (exact) mass is 476 g/mol. The summed E-state index contributed by atoms with van der Waals surface area (Å²) >= 11 is 0. The molecule has 4 saturated carbocycles. The van der Waals surface area contributed by atoms with E-state index in [0.29, 0.717) is 31.1 Å². The van der Waals surface area contributed by atoms with Crippen LogP contribution >= 0.6 is 0 Å². The van der Waals surface area contributed by atoms with Crippen molar-refractivity contribution < 1.29 is 29.0 Å². The lowest BCUT2D eigenvalue weighted by molar-refractivity contribution is -0.216. The second-order valence-electron chi connectivity index (χ2n) is 12.3. The van der Waals surface area contributed by atoms with E-state index in [1.165, 1.54) is 6.92 Å². The Balaban J connectivity index is 1.69. The van der Waals surface area contributed by atoms with Crippen LogP contribution in [0, 0.1) is 40.4 Å². The number of carbonyl (C=O) groups excluding carboxylic acids is 3. The second kappa shape index (κ2) is 8.90. The van der Waals surface area contributed by atoms with Crippen LogP contribution in [0.1, 0.15) is 99.3 Å². The molecule has 0 heterocycles. The van der Waals surface area contributed by atoms with E-state index < -0.39 is 11.0 Å². The van der Waals surface area contributed by atoms with E-state index in [9.17, 15) is 19.5 Å². The molecule has 0 radical (unpaired) electrons. The van der Waals surface area contributed by atoms with Gasteiger partial charge >= 0.3 is 11.9 Å². The first-order valence-corrected chi connectivity index (χ1v) is 13.5. The van der Waals surface area contributed by atoms with Crippen LogP contribution in [0.2, 0.25) is 0 Å². The zero-order valence-corrected chi connectivity index (χ0v) is 21.9. The number of Topliss-reactive ketones (excluding diaryl/α,β-unsaturated/α-hetero) is 1. The molecule has 4 fully saturated rings. The number of rotatable bonds is 5. The van der Waals surface area contributed by atoms with Crippen LogP contribution in [0.3, 0.4) is 0 Å². The fourth-order valence-electron chi connectivity index (χ4n) is 9.13. The molecule has 6 nitrogen and oxygen atoms in total. The molecule has 4 rings (SSSR count). The van der Waals surface area contributed by atoms with Crippen molar-refractivity contribution in [1.29, 1.82) is 0 Å². The minimum absolute atomic E-state index is 0.0157. The van der Waals surface area contributed by atoms with Gasteiger partial charge in [-0.2, -0.15) is 0 Å². The summed E-state index contributed by atoms with van der Waals surface area (Å²) < 4.78 is 11.9. The fraction of sp³-hybridized carbons (Fsp3) is 0.893. The maximum atomic E-state index is 12.8. The average molecular weight is 477 g/mol. The molecule has 10 atom stereocenters. The van der Waals surface area contributed by atoms with E-state index in [-0.39, 0.29) is 53.1 Å². The number of fused-ring (bicyclic) bond motifs is 5. The molecule has 0 amide bonds. The lowest BCUT2D eigenvalue weighted by Crippen LogP contribution is -2.64. The first kappa shape index (κ1) is 25.7. The average Bonchev–Trinajstić information content (AvgIpc) is 3.00. The molecule has 0 aromatic heterocycles. The first-order valence-electron chi connectivity index (χ1n) is 13.5. The lowest BCUT2D eigenvalue weighted by Gasteiger charge is -2.63. The van der Waals surface area contributed by atoms with Crippen LogP contribution in [0.25, 0.3) is 0 Å². The van der Waals surface area contributed by atoms with Crippen molar-refractivity contribution in [3.8, 4) is 0 Å². The molecule has 0 saturated heterocycles. The van der Waals surface area contributed by atoms with E-state index in [0.717, 1.165) is 38.5 Å². The molecular formula is C28H44O6. The Hall–Kier alpha value is -1.43. The minimum Gasteiger partial charge on any atom is -0.462 e. The van der Waals surface area contributed by atoms with Gasteiger partial charge < -0.3 is 14.6 Å². The van der Waals surface area contributed by atoms with Gasteiger partial charge in [0, 0.05) is 24.2 Å². The van der Waals surface area contributed by atoms with Gasteiger partial charge in [0.15, 0.2) is 5.78 Å². The lowest BCUT2D eigenvalue weighted by atomic mass is 9.43. The van der Waals surface area contributed by atoms with Gasteiger partial charge in [-0.15, -0.1) is 0 Å². The highest BCUT2D eigenvalue weighted by Crippen LogP contribution is 2.69. The van der Waals surface area contributed by atoms with Crippen molar-refractivity contribution in [2.45, 2.75) is 117 Å². The van der Waals surface area contributed by atoms with Gasteiger partial charge in [-0.1, -0.05) is 34.6 Å². The van der Waals surface area contributed by atoms with Crippen molar-refractivity contribution in [2.24, 2.45) is 40.4 Å². The minimum atomic E-state index is -1.39. The summed E-state index contributed by atoms with van der Waals surface area (Å²) in [6.45, 7) is 11.6. The molecule has 0 aromatic carbocycles.